The molecule has 10 nitrogen and oxygen atoms in total. The van der Waals surface area contributed by atoms with Crippen molar-refractivity contribution in [1.82, 2.24) is 0 Å². The summed E-state index contributed by atoms with van der Waals surface area (Å²) in [6.07, 6.45) is -3.76. The molecule has 7 atom stereocenters. The van der Waals surface area contributed by atoms with E-state index in [9.17, 15) is 34.5 Å². The van der Waals surface area contributed by atoms with Crippen molar-refractivity contribution in [1.29, 1.82) is 0 Å². The second kappa shape index (κ2) is 14.3. The van der Waals surface area contributed by atoms with Crippen LogP contribution >= 0.6 is 0 Å². The highest BCUT2D eigenvalue weighted by atomic mass is 16.6. The van der Waals surface area contributed by atoms with Crippen molar-refractivity contribution in [2.45, 2.75) is 97.9 Å². The maximum absolute atomic E-state index is 13.6. The minimum absolute atomic E-state index is 0.103. The van der Waals surface area contributed by atoms with Crippen LogP contribution in [0.15, 0.2) is 59.3 Å². The summed E-state index contributed by atoms with van der Waals surface area (Å²) in [4.78, 5) is 51.7. The van der Waals surface area contributed by atoms with E-state index in [0.29, 0.717) is 5.57 Å². The molecule has 0 radical (unpaired) electrons. The monoisotopic (exact) mass is 562 g/mol. The van der Waals surface area contributed by atoms with Gasteiger partial charge in [0.25, 0.3) is 0 Å². The number of rotatable bonds is 11. The number of Topliss-reactive ketones (excluding diaryl/α,β-unsaturated/α-hetero) is 1. The summed E-state index contributed by atoms with van der Waals surface area (Å²) in [6.45, 7) is 19.5. The van der Waals surface area contributed by atoms with Gasteiger partial charge in [0.1, 0.15) is 12.2 Å². The van der Waals surface area contributed by atoms with Crippen molar-refractivity contribution in [2.75, 3.05) is 0 Å². The fourth-order valence-electron chi connectivity index (χ4n) is 3.90. The van der Waals surface area contributed by atoms with Crippen LogP contribution < -0.4 is 0 Å². The molecule has 222 valence electrons. The molecule has 40 heavy (non-hydrogen) atoms. The first-order valence-corrected chi connectivity index (χ1v) is 12.9. The van der Waals surface area contributed by atoms with E-state index in [-0.39, 0.29) is 28.7 Å². The van der Waals surface area contributed by atoms with Crippen molar-refractivity contribution in [2.24, 2.45) is 5.92 Å². The first-order chi connectivity index (χ1) is 18.5. The average Bonchev–Trinajstić information content (AvgIpc) is 2.91. The Morgan fingerprint density at radius 2 is 1.38 bits per heavy atom. The van der Waals surface area contributed by atoms with Gasteiger partial charge in [-0.25, -0.2) is 14.4 Å². The molecule has 7 unspecified atom stereocenters. The molecule has 0 bridgehead atoms. The van der Waals surface area contributed by atoms with E-state index in [2.05, 4.69) is 13.2 Å². The van der Waals surface area contributed by atoms with Gasteiger partial charge in [0.2, 0.25) is 5.78 Å². The Bertz CT molecular complexity index is 1120. The third kappa shape index (κ3) is 7.87. The third-order valence-corrected chi connectivity index (χ3v) is 7.15. The van der Waals surface area contributed by atoms with Gasteiger partial charge in [0.15, 0.2) is 17.8 Å². The Morgan fingerprint density at radius 3 is 1.82 bits per heavy atom. The van der Waals surface area contributed by atoms with Gasteiger partial charge in [-0.15, -0.1) is 0 Å². The molecule has 0 aliphatic heterocycles. The van der Waals surface area contributed by atoms with Crippen LogP contribution in [0.1, 0.15) is 61.8 Å². The lowest BCUT2D eigenvalue weighted by Gasteiger charge is -2.47. The van der Waals surface area contributed by atoms with E-state index in [1.54, 1.807) is 27.7 Å². The highest BCUT2D eigenvalue weighted by Crippen LogP contribution is 2.40. The lowest BCUT2D eigenvalue weighted by atomic mass is 9.68. The van der Waals surface area contributed by atoms with Crippen molar-refractivity contribution in [3.05, 3.63) is 59.3 Å². The quantitative estimate of drug-likeness (QED) is 0.148. The maximum atomic E-state index is 13.6. The summed E-state index contributed by atoms with van der Waals surface area (Å²) in [7, 11) is 0. The van der Waals surface area contributed by atoms with E-state index in [4.69, 9.17) is 14.2 Å². The Morgan fingerprint density at radius 1 is 0.925 bits per heavy atom. The van der Waals surface area contributed by atoms with Crippen molar-refractivity contribution in [3.8, 4) is 0 Å². The smallest absolute Gasteiger partial charge is 0.334 e. The van der Waals surface area contributed by atoms with E-state index >= 15 is 0 Å². The molecular formula is C30H42O10. The zero-order valence-electron chi connectivity index (χ0n) is 24.5. The van der Waals surface area contributed by atoms with Crippen LogP contribution in [0.3, 0.4) is 0 Å². The van der Waals surface area contributed by atoms with Crippen LogP contribution in [-0.2, 0) is 33.4 Å². The summed E-state index contributed by atoms with van der Waals surface area (Å²) in [5.74, 6) is -5.12. The lowest BCUT2D eigenvalue weighted by molar-refractivity contribution is -0.210. The molecule has 1 aliphatic rings. The molecular weight excluding hydrogens is 520 g/mol. The van der Waals surface area contributed by atoms with Crippen molar-refractivity contribution >= 4 is 23.7 Å². The number of allylic oxidation sites excluding steroid dienone is 3. The lowest BCUT2D eigenvalue weighted by Crippen LogP contribution is -2.68. The number of esters is 3. The fraction of sp³-hybridized carbons (Fsp3) is 0.533. The maximum Gasteiger partial charge on any atom is 0.334 e. The molecule has 0 aromatic heterocycles. The predicted octanol–water partition coefficient (Wildman–Crippen LogP) is 2.81. The number of aliphatic hydroxyl groups excluding tert-OH is 2. The van der Waals surface area contributed by atoms with Gasteiger partial charge in [0, 0.05) is 23.1 Å². The van der Waals surface area contributed by atoms with Gasteiger partial charge in [0.05, 0.1) is 12.0 Å². The number of ether oxygens (including phenoxy) is 3. The fourth-order valence-corrected chi connectivity index (χ4v) is 3.90. The van der Waals surface area contributed by atoms with E-state index in [0.717, 1.165) is 6.92 Å². The zero-order valence-corrected chi connectivity index (χ0v) is 24.5. The van der Waals surface area contributed by atoms with Gasteiger partial charge in [-0.05, 0) is 61.0 Å². The van der Waals surface area contributed by atoms with E-state index in [1.165, 1.54) is 39.0 Å². The van der Waals surface area contributed by atoms with Gasteiger partial charge >= 0.3 is 17.9 Å². The van der Waals surface area contributed by atoms with E-state index in [1.807, 2.05) is 0 Å². The number of hydrogen-bond donors (Lipinski definition) is 3. The average molecular weight is 563 g/mol. The second-order valence-electron chi connectivity index (χ2n) is 10.2. The van der Waals surface area contributed by atoms with Gasteiger partial charge in [-0.3, -0.25) is 4.79 Å². The zero-order chi connectivity index (χ0) is 31.1. The summed E-state index contributed by atoms with van der Waals surface area (Å²) in [5, 5.41) is 33.2. The molecule has 0 spiro atoms. The van der Waals surface area contributed by atoms with Crippen LogP contribution in [0, 0.1) is 5.92 Å². The molecule has 0 heterocycles. The van der Waals surface area contributed by atoms with Crippen molar-refractivity contribution in [3.63, 3.8) is 0 Å². The number of aliphatic hydroxyl groups is 3. The van der Waals surface area contributed by atoms with Crippen molar-refractivity contribution < 1.29 is 48.7 Å². The largest absolute Gasteiger partial charge is 0.454 e. The number of carbonyl (C=O) groups excluding carboxylic acids is 4. The van der Waals surface area contributed by atoms with Crippen LogP contribution in [-0.4, -0.2) is 75.1 Å². The molecule has 1 rings (SSSR count). The highest BCUT2D eigenvalue weighted by Gasteiger charge is 2.61. The van der Waals surface area contributed by atoms with Gasteiger partial charge in [-0.1, -0.05) is 37.0 Å². The summed E-state index contributed by atoms with van der Waals surface area (Å²) in [5.41, 5.74) is -1.69. The highest BCUT2D eigenvalue weighted by molar-refractivity contribution is 5.97. The van der Waals surface area contributed by atoms with Crippen LogP contribution in [0.4, 0.5) is 0 Å². The molecule has 0 amide bonds. The number of ketones is 1. The molecule has 0 saturated heterocycles. The standard InChI is InChI=1S/C30H42O10/c1-11-16(6)27(34)38-21(14-20(31)15(4)5)19(9)22-23(32)26(40-29(36)18(8)13-3)30(10,37)25(33)24(22)39-28(35)17(7)12-2/h11-13,20-24,26,31-32,37H,4,9,14H2,1-3,5-8,10H3. The van der Waals surface area contributed by atoms with Crippen LogP contribution in [0.2, 0.25) is 0 Å². The van der Waals surface area contributed by atoms with E-state index < -0.39 is 65.7 Å². The molecule has 10 heteroatoms. The minimum Gasteiger partial charge on any atom is -0.454 e. The Kier molecular flexibility index (Phi) is 12.4. The number of hydrogen-bond acceptors (Lipinski definition) is 10. The van der Waals surface area contributed by atoms with Crippen LogP contribution in [0.25, 0.3) is 0 Å². The molecule has 1 fully saturated rings. The molecule has 3 N–H and O–H groups in total. The number of carbonyl (C=O) groups is 4. The Balaban J connectivity index is 3.75. The Hall–Kier alpha value is -3.34. The molecule has 0 aromatic rings. The summed E-state index contributed by atoms with van der Waals surface area (Å²) < 4.78 is 16.5. The summed E-state index contributed by atoms with van der Waals surface area (Å²) >= 11 is 0. The third-order valence-electron chi connectivity index (χ3n) is 7.15. The predicted molar refractivity (Wildman–Crippen MR) is 148 cm³/mol. The molecule has 1 aliphatic carbocycles. The molecule has 0 aromatic carbocycles. The SMILES string of the molecule is C=C(C)C(O)CC(OC(=O)C(C)=CC)C(=C)C1C(OC(=O)C(C)=CC)C(=O)C(C)(O)C(OC(=O)C(C)=CC)C1O. The first kappa shape index (κ1) is 34.7. The molecule has 1 saturated carbocycles. The topological polar surface area (TPSA) is 157 Å². The van der Waals surface area contributed by atoms with Crippen LogP contribution in [0.5, 0.6) is 0 Å². The minimum atomic E-state index is -2.47. The summed E-state index contributed by atoms with van der Waals surface area (Å²) in [6, 6.07) is 0. The second-order valence-corrected chi connectivity index (χ2v) is 10.2. The normalized spacial score (nSPS) is 27.4. The van der Waals surface area contributed by atoms with Gasteiger partial charge < -0.3 is 29.5 Å². The van der Waals surface area contributed by atoms with Gasteiger partial charge in [-0.2, -0.15) is 0 Å². The first-order valence-electron chi connectivity index (χ1n) is 12.9. The Labute approximate surface area is 235 Å².